The molecule has 0 unspecified atom stereocenters. The van der Waals surface area contributed by atoms with E-state index in [9.17, 15) is 13.2 Å². The van der Waals surface area contributed by atoms with E-state index in [1.807, 2.05) is 13.8 Å². The molecule has 3 aromatic carbocycles. The standard InChI is InChI=1S/C21H18Cl2N2O3S/c1-13-3-7-17(8-4-13)29(27,28)25-20-9-5-15(12-18(20)23)21(26)24-19-10-6-16(22)11-14(19)2/h3-12,25H,1-2H3,(H,24,26). The molecule has 0 spiro atoms. The average molecular weight is 449 g/mol. The molecular formula is C21H18Cl2N2O3S. The number of rotatable bonds is 5. The van der Waals surface area contributed by atoms with Crippen molar-refractivity contribution in [1.82, 2.24) is 0 Å². The first-order valence-corrected chi connectivity index (χ1v) is 10.9. The molecule has 0 aromatic heterocycles. The van der Waals surface area contributed by atoms with E-state index in [0.717, 1.165) is 11.1 Å². The molecule has 0 saturated heterocycles. The molecule has 5 nitrogen and oxygen atoms in total. The number of hydrogen-bond acceptors (Lipinski definition) is 3. The largest absolute Gasteiger partial charge is 0.322 e. The number of sulfonamides is 1. The summed E-state index contributed by atoms with van der Waals surface area (Å²) in [6.45, 7) is 3.70. The quantitative estimate of drug-likeness (QED) is 0.528. The Balaban J connectivity index is 1.79. The second-order valence-electron chi connectivity index (χ2n) is 6.53. The fraction of sp³-hybridized carbons (Fsp3) is 0.0952. The predicted molar refractivity (Wildman–Crippen MR) is 118 cm³/mol. The fourth-order valence-corrected chi connectivity index (χ4v) is 4.21. The van der Waals surface area contributed by atoms with Crippen molar-refractivity contribution in [2.75, 3.05) is 10.0 Å². The zero-order valence-electron chi connectivity index (χ0n) is 15.7. The van der Waals surface area contributed by atoms with Crippen molar-refractivity contribution in [3.63, 3.8) is 0 Å². The molecule has 2 N–H and O–H groups in total. The molecule has 3 aromatic rings. The summed E-state index contributed by atoms with van der Waals surface area (Å²) in [6.07, 6.45) is 0. The minimum absolute atomic E-state index is 0.112. The van der Waals surface area contributed by atoms with Crippen molar-refractivity contribution in [2.45, 2.75) is 18.7 Å². The smallest absolute Gasteiger partial charge is 0.261 e. The van der Waals surface area contributed by atoms with Crippen LogP contribution in [-0.4, -0.2) is 14.3 Å². The molecule has 0 heterocycles. The van der Waals surface area contributed by atoms with Gasteiger partial charge in [0.2, 0.25) is 0 Å². The maximum absolute atomic E-state index is 12.5. The van der Waals surface area contributed by atoms with Gasteiger partial charge < -0.3 is 5.32 Å². The second-order valence-corrected chi connectivity index (χ2v) is 9.05. The highest BCUT2D eigenvalue weighted by Gasteiger charge is 2.17. The van der Waals surface area contributed by atoms with E-state index in [4.69, 9.17) is 23.2 Å². The Morgan fingerprint density at radius 1 is 0.862 bits per heavy atom. The summed E-state index contributed by atoms with van der Waals surface area (Å²) in [5, 5.41) is 3.47. The monoisotopic (exact) mass is 448 g/mol. The third-order valence-corrected chi connectivity index (χ3v) is 6.17. The van der Waals surface area contributed by atoms with Crippen molar-refractivity contribution in [2.24, 2.45) is 0 Å². The van der Waals surface area contributed by atoms with Gasteiger partial charge in [0, 0.05) is 16.3 Å². The Hall–Kier alpha value is -2.54. The van der Waals surface area contributed by atoms with Crippen LogP contribution in [-0.2, 0) is 10.0 Å². The Morgan fingerprint density at radius 3 is 2.14 bits per heavy atom. The van der Waals surface area contributed by atoms with Crippen LogP contribution in [0.15, 0.2) is 65.6 Å². The second kappa shape index (κ2) is 8.45. The first-order valence-electron chi connectivity index (χ1n) is 8.62. The molecule has 3 rings (SSSR count). The lowest BCUT2D eigenvalue weighted by atomic mass is 10.1. The zero-order valence-corrected chi connectivity index (χ0v) is 18.0. The van der Waals surface area contributed by atoms with Crippen molar-refractivity contribution in [3.8, 4) is 0 Å². The highest BCUT2D eigenvalue weighted by Crippen LogP contribution is 2.27. The number of nitrogens with one attached hydrogen (secondary N) is 2. The molecule has 1 amide bonds. The maximum atomic E-state index is 12.5. The van der Waals surface area contributed by atoms with Gasteiger partial charge in [-0.2, -0.15) is 0 Å². The highest BCUT2D eigenvalue weighted by molar-refractivity contribution is 7.92. The summed E-state index contributed by atoms with van der Waals surface area (Å²) in [5.74, 6) is -0.370. The summed E-state index contributed by atoms with van der Waals surface area (Å²) in [6, 6.07) is 16.0. The lowest BCUT2D eigenvalue weighted by Crippen LogP contribution is -2.15. The highest BCUT2D eigenvalue weighted by atomic mass is 35.5. The number of carbonyl (C=O) groups excluding carboxylic acids is 1. The molecule has 29 heavy (non-hydrogen) atoms. The van der Waals surface area contributed by atoms with E-state index in [2.05, 4.69) is 10.0 Å². The maximum Gasteiger partial charge on any atom is 0.261 e. The van der Waals surface area contributed by atoms with Crippen LogP contribution >= 0.6 is 23.2 Å². The third-order valence-electron chi connectivity index (χ3n) is 4.24. The Morgan fingerprint density at radius 2 is 1.52 bits per heavy atom. The van der Waals surface area contributed by atoms with Crippen molar-refractivity contribution in [1.29, 1.82) is 0 Å². The normalized spacial score (nSPS) is 11.2. The van der Waals surface area contributed by atoms with E-state index in [1.165, 1.54) is 30.3 Å². The van der Waals surface area contributed by atoms with Gasteiger partial charge in [0.25, 0.3) is 15.9 Å². The number of anilines is 2. The third kappa shape index (κ3) is 5.09. The molecule has 0 bridgehead atoms. The fourth-order valence-electron chi connectivity index (χ4n) is 2.62. The number of aryl methyl sites for hydroxylation is 2. The van der Waals surface area contributed by atoms with Gasteiger partial charge in [-0.25, -0.2) is 8.42 Å². The Bertz CT molecular complexity index is 1180. The van der Waals surface area contributed by atoms with Gasteiger partial charge >= 0.3 is 0 Å². The first kappa shape index (κ1) is 21.2. The van der Waals surface area contributed by atoms with Crippen LogP contribution in [0.2, 0.25) is 10.0 Å². The van der Waals surface area contributed by atoms with Crippen molar-refractivity contribution < 1.29 is 13.2 Å². The van der Waals surface area contributed by atoms with Crippen molar-refractivity contribution >= 4 is 50.5 Å². The molecule has 0 radical (unpaired) electrons. The van der Waals surface area contributed by atoms with E-state index < -0.39 is 10.0 Å². The Kier molecular flexibility index (Phi) is 6.17. The molecule has 0 aliphatic carbocycles. The number of amides is 1. The van der Waals surface area contributed by atoms with Gasteiger partial charge in [-0.1, -0.05) is 40.9 Å². The van der Waals surface area contributed by atoms with Crippen LogP contribution in [0.3, 0.4) is 0 Å². The average Bonchev–Trinajstić information content (AvgIpc) is 2.66. The van der Waals surface area contributed by atoms with E-state index in [1.54, 1.807) is 30.3 Å². The molecule has 0 saturated carbocycles. The molecule has 0 aliphatic rings. The molecule has 150 valence electrons. The lowest BCUT2D eigenvalue weighted by molar-refractivity contribution is 0.102. The number of hydrogen-bond donors (Lipinski definition) is 2. The van der Waals surface area contributed by atoms with Crippen LogP contribution in [0.4, 0.5) is 11.4 Å². The number of halogens is 2. The number of carbonyl (C=O) groups is 1. The van der Waals surface area contributed by atoms with Gasteiger partial charge in [0.15, 0.2) is 0 Å². The van der Waals surface area contributed by atoms with Crippen LogP contribution in [0.25, 0.3) is 0 Å². The van der Waals surface area contributed by atoms with Crippen molar-refractivity contribution in [3.05, 3.63) is 87.4 Å². The van der Waals surface area contributed by atoms with Gasteiger partial charge in [0.1, 0.15) is 0 Å². The molecule has 0 atom stereocenters. The zero-order chi connectivity index (χ0) is 21.2. The van der Waals surface area contributed by atoms with Crippen LogP contribution in [0.5, 0.6) is 0 Å². The SMILES string of the molecule is Cc1ccc(S(=O)(=O)Nc2ccc(C(=O)Nc3ccc(Cl)cc3C)cc2Cl)cc1. The molecule has 0 fully saturated rings. The number of benzene rings is 3. The van der Waals surface area contributed by atoms with Crippen LogP contribution in [0, 0.1) is 13.8 Å². The van der Waals surface area contributed by atoms with E-state index >= 15 is 0 Å². The van der Waals surface area contributed by atoms with Gasteiger partial charge in [-0.3, -0.25) is 9.52 Å². The summed E-state index contributed by atoms with van der Waals surface area (Å²) in [4.78, 5) is 12.6. The molecular weight excluding hydrogens is 431 g/mol. The summed E-state index contributed by atoms with van der Waals surface area (Å²) in [5.41, 5.74) is 2.88. The first-order chi connectivity index (χ1) is 13.7. The molecule has 0 aliphatic heterocycles. The minimum atomic E-state index is -3.79. The van der Waals surface area contributed by atoms with Gasteiger partial charge in [-0.15, -0.1) is 0 Å². The predicted octanol–water partition coefficient (Wildman–Crippen LogP) is 5.66. The van der Waals surface area contributed by atoms with E-state index in [-0.39, 0.29) is 21.5 Å². The summed E-state index contributed by atoms with van der Waals surface area (Å²) in [7, 11) is -3.79. The lowest BCUT2D eigenvalue weighted by Gasteiger charge is -2.12. The molecule has 8 heteroatoms. The minimum Gasteiger partial charge on any atom is -0.322 e. The van der Waals surface area contributed by atoms with Crippen LogP contribution in [0.1, 0.15) is 21.5 Å². The topological polar surface area (TPSA) is 75.3 Å². The van der Waals surface area contributed by atoms with E-state index in [0.29, 0.717) is 16.3 Å². The Labute approximate surface area is 179 Å². The summed E-state index contributed by atoms with van der Waals surface area (Å²) < 4.78 is 27.5. The summed E-state index contributed by atoms with van der Waals surface area (Å²) >= 11 is 12.2. The van der Waals surface area contributed by atoms with Gasteiger partial charge in [-0.05, 0) is 67.9 Å². The van der Waals surface area contributed by atoms with Crippen LogP contribution < -0.4 is 10.0 Å². The van der Waals surface area contributed by atoms with Gasteiger partial charge in [0.05, 0.1) is 15.6 Å².